The van der Waals surface area contributed by atoms with Gasteiger partial charge in [-0.05, 0) is 41.7 Å². The van der Waals surface area contributed by atoms with E-state index in [2.05, 4.69) is 19.9 Å². The minimum absolute atomic E-state index is 0.176. The molecule has 0 aliphatic heterocycles. The highest BCUT2D eigenvalue weighted by Gasteiger charge is 2.26. The normalized spacial score (nSPS) is 11.2. The van der Waals surface area contributed by atoms with Gasteiger partial charge in [-0.1, -0.05) is 68.4 Å². The number of phenolic OH excluding ortho intramolecular Hbond substituents is 1. The molecular formula is C22H22O2. The van der Waals surface area contributed by atoms with E-state index in [1.807, 2.05) is 66.7 Å². The third-order valence-electron chi connectivity index (χ3n) is 4.21. The van der Waals surface area contributed by atoms with E-state index in [1.54, 1.807) is 6.07 Å². The molecule has 0 unspecified atom stereocenters. The van der Waals surface area contributed by atoms with Crippen LogP contribution < -0.4 is 4.74 Å². The quantitative estimate of drug-likeness (QED) is 0.653. The SMILES string of the molecule is CC(C)(Cc1ccccc1O)c1ccccc1Oc1ccccc1. The lowest BCUT2D eigenvalue weighted by atomic mass is 9.78. The molecule has 0 aromatic heterocycles. The van der Waals surface area contributed by atoms with Gasteiger partial charge in [-0.15, -0.1) is 0 Å². The molecule has 0 radical (unpaired) electrons. The third-order valence-corrected chi connectivity index (χ3v) is 4.21. The van der Waals surface area contributed by atoms with Crippen LogP contribution in [0.2, 0.25) is 0 Å². The number of hydrogen-bond donors (Lipinski definition) is 1. The maximum atomic E-state index is 10.1. The van der Waals surface area contributed by atoms with Crippen molar-refractivity contribution in [3.63, 3.8) is 0 Å². The predicted octanol–water partition coefficient (Wildman–Crippen LogP) is 5.70. The van der Waals surface area contributed by atoms with Gasteiger partial charge in [0.25, 0.3) is 0 Å². The van der Waals surface area contributed by atoms with E-state index in [9.17, 15) is 5.11 Å². The van der Waals surface area contributed by atoms with Gasteiger partial charge in [-0.2, -0.15) is 0 Å². The summed E-state index contributed by atoms with van der Waals surface area (Å²) in [6.45, 7) is 4.35. The molecule has 122 valence electrons. The molecule has 2 nitrogen and oxygen atoms in total. The van der Waals surface area contributed by atoms with Crippen LogP contribution in [0.4, 0.5) is 0 Å². The first-order chi connectivity index (χ1) is 11.6. The Kier molecular flexibility index (Phi) is 4.57. The summed E-state index contributed by atoms with van der Waals surface area (Å²) in [5.41, 5.74) is 1.89. The second-order valence-electron chi connectivity index (χ2n) is 6.60. The Balaban J connectivity index is 1.92. The first-order valence-electron chi connectivity index (χ1n) is 8.15. The zero-order valence-electron chi connectivity index (χ0n) is 14.1. The molecule has 0 atom stereocenters. The van der Waals surface area contributed by atoms with E-state index >= 15 is 0 Å². The van der Waals surface area contributed by atoms with Gasteiger partial charge in [0.15, 0.2) is 0 Å². The molecule has 1 N–H and O–H groups in total. The molecule has 0 saturated heterocycles. The Hall–Kier alpha value is -2.74. The Morgan fingerprint density at radius 2 is 1.42 bits per heavy atom. The number of benzene rings is 3. The van der Waals surface area contributed by atoms with Crippen molar-refractivity contribution in [3.8, 4) is 17.2 Å². The third kappa shape index (κ3) is 3.60. The van der Waals surface area contributed by atoms with Gasteiger partial charge in [0.1, 0.15) is 17.2 Å². The fourth-order valence-corrected chi connectivity index (χ4v) is 2.96. The van der Waals surface area contributed by atoms with E-state index in [1.165, 1.54) is 0 Å². The second kappa shape index (κ2) is 6.79. The first kappa shape index (κ1) is 16.1. The summed E-state index contributed by atoms with van der Waals surface area (Å²) < 4.78 is 6.10. The Bertz CT molecular complexity index is 807. The summed E-state index contributed by atoms with van der Waals surface area (Å²) >= 11 is 0. The molecule has 0 bridgehead atoms. The Labute approximate surface area is 143 Å². The van der Waals surface area contributed by atoms with Gasteiger partial charge in [-0.3, -0.25) is 0 Å². The van der Waals surface area contributed by atoms with Gasteiger partial charge in [-0.25, -0.2) is 0 Å². The highest BCUT2D eigenvalue weighted by atomic mass is 16.5. The van der Waals surface area contributed by atoms with E-state index in [4.69, 9.17) is 4.74 Å². The fraction of sp³-hybridized carbons (Fsp3) is 0.182. The highest BCUT2D eigenvalue weighted by Crippen LogP contribution is 2.37. The molecule has 0 heterocycles. The van der Waals surface area contributed by atoms with Crippen LogP contribution in [0.15, 0.2) is 78.9 Å². The van der Waals surface area contributed by atoms with Crippen LogP contribution in [0.1, 0.15) is 25.0 Å². The lowest BCUT2D eigenvalue weighted by Crippen LogP contribution is -2.21. The maximum Gasteiger partial charge on any atom is 0.131 e. The molecule has 0 saturated carbocycles. The van der Waals surface area contributed by atoms with Crippen molar-refractivity contribution in [2.75, 3.05) is 0 Å². The number of hydrogen-bond acceptors (Lipinski definition) is 2. The summed E-state index contributed by atoms with van der Waals surface area (Å²) in [4.78, 5) is 0. The molecule has 3 rings (SSSR count). The summed E-state index contributed by atoms with van der Waals surface area (Å²) in [5, 5.41) is 10.1. The van der Waals surface area contributed by atoms with Crippen LogP contribution in [0.3, 0.4) is 0 Å². The summed E-state index contributed by atoms with van der Waals surface area (Å²) in [6.07, 6.45) is 0.731. The summed E-state index contributed by atoms with van der Waals surface area (Å²) in [5.74, 6) is 2.01. The number of ether oxygens (including phenoxy) is 1. The molecule has 0 aliphatic carbocycles. The first-order valence-corrected chi connectivity index (χ1v) is 8.15. The van der Waals surface area contributed by atoms with E-state index in [0.29, 0.717) is 5.75 Å². The van der Waals surface area contributed by atoms with Gasteiger partial charge in [0.05, 0.1) is 0 Å². The van der Waals surface area contributed by atoms with Crippen LogP contribution in [0.5, 0.6) is 17.2 Å². The van der Waals surface area contributed by atoms with Crippen LogP contribution in [-0.2, 0) is 11.8 Å². The summed E-state index contributed by atoms with van der Waals surface area (Å²) in [7, 11) is 0. The molecule has 3 aromatic rings. The van der Waals surface area contributed by atoms with E-state index in [0.717, 1.165) is 29.0 Å². The molecule has 3 aromatic carbocycles. The molecule has 0 spiro atoms. The summed E-state index contributed by atoms with van der Waals surface area (Å²) in [6, 6.07) is 25.4. The number of phenols is 1. The van der Waals surface area contributed by atoms with Crippen molar-refractivity contribution in [2.24, 2.45) is 0 Å². The van der Waals surface area contributed by atoms with E-state index < -0.39 is 0 Å². The van der Waals surface area contributed by atoms with E-state index in [-0.39, 0.29) is 5.41 Å². The Morgan fingerprint density at radius 3 is 2.17 bits per heavy atom. The van der Waals surface area contributed by atoms with Crippen molar-refractivity contribution in [3.05, 3.63) is 90.0 Å². The molecule has 24 heavy (non-hydrogen) atoms. The topological polar surface area (TPSA) is 29.5 Å². The van der Waals surface area contributed by atoms with Crippen LogP contribution >= 0.6 is 0 Å². The molecular weight excluding hydrogens is 296 g/mol. The predicted molar refractivity (Wildman–Crippen MR) is 97.8 cm³/mol. The molecule has 0 fully saturated rings. The molecule has 0 aliphatic rings. The highest BCUT2D eigenvalue weighted by molar-refractivity contribution is 5.44. The van der Waals surface area contributed by atoms with Crippen molar-refractivity contribution in [2.45, 2.75) is 25.7 Å². The maximum absolute atomic E-state index is 10.1. The smallest absolute Gasteiger partial charge is 0.131 e. The average molecular weight is 318 g/mol. The fourth-order valence-electron chi connectivity index (χ4n) is 2.96. The second-order valence-corrected chi connectivity index (χ2v) is 6.60. The van der Waals surface area contributed by atoms with Crippen LogP contribution in [0, 0.1) is 0 Å². The Morgan fingerprint density at radius 1 is 0.792 bits per heavy atom. The van der Waals surface area contributed by atoms with Crippen molar-refractivity contribution >= 4 is 0 Å². The number of rotatable bonds is 5. The molecule has 0 amide bonds. The van der Waals surface area contributed by atoms with Gasteiger partial charge >= 0.3 is 0 Å². The van der Waals surface area contributed by atoms with Crippen LogP contribution in [-0.4, -0.2) is 5.11 Å². The van der Waals surface area contributed by atoms with Crippen molar-refractivity contribution in [1.82, 2.24) is 0 Å². The molecule has 2 heteroatoms. The van der Waals surface area contributed by atoms with Gasteiger partial charge in [0, 0.05) is 5.56 Å². The van der Waals surface area contributed by atoms with Gasteiger partial charge in [0.2, 0.25) is 0 Å². The lowest BCUT2D eigenvalue weighted by molar-refractivity contribution is 0.428. The number of para-hydroxylation sites is 3. The standard InChI is InChI=1S/C22H22O2/c1-22(2,16-17-10-6-8-14-20(17)23)19-13-7-9-15-21(19)24-18-11-4-3-5-12-18/h3-15,23H,16H2,1-2H3. The van der Waals surface area contributed by atoms with Gasteiger partial charge < -0.3 is 9.84 Å². The van der Waals surface area contributed by atoms with Crippen LogP contribution in [0.25, 0.3) is 0 Å². The number of aromatic hydroxyl groups is 1. The minimum atomic E-state index is -0.176. The largest absolute Gasteiger partial charge is 0.508 e. The van der Waals surface area contributed by atoms with Crippen molar-refractivity contribution in [1.29, 1.82) is 0 Å². The monoisotopic (exact) mass is 318 g/mol. The van der Waals surface area contributed by atoms with Crippen molar-refractivity contribution < 1.29 is 9.84 Å². The lowest BCUT2D eigenvalue weighted by Gasteiger charge is -2.28. The average Bonchev–Trinajstić information content (AvgIpc) is 2.58. The zero-order valence-corrected chi connectivity index (χ0v) is 14.1. The zero-order chi connectivity index (χ0) is 17.0. The minimum Gasteiger partial charge on any atom is -0.508 e.